The second-order valence-corrected chi connectivity index (χ2v) is 7.08. The summed E-state index contributed by atoms with van der Waals surface area (Å²) in [6, 6.07) is 3.27. The molecule has 3 rings (SSSR count). The number of nitrogens with zero attached hydrogens (tertiary/aromatic N) is 2. The van der Waals surface area contributed by atoms with Crippen molar-refractivity contribution in [3.8, 4) is 0 Å². The van der Waals surface area contributed by atoms with Gasteiger partial charge in [0, 0.05) is 31.2 Å². The standard InChI is InChI=1S/C18H24F4N2O/c19-17-11-14(18(20,21)22)2-1-13(17)12-23-7-3-15(4-8-23)24-9-5-16(25)6-10-24/h1-2,11,15-16,25H,3-10,12H2. The molecule has 140 valence electrons. The van der Waals surface area contributed by atoms with Crippen molar-refractivity contribution in [3.63, 3.8) is 0 Å². The van der Waals surface area contributed by atoms with Crippen molar-refractivity contribution in [1.82, 2.24) is 9.80 Å². The second-order valence-electron chi connectivity index (χ2n) is 7.08. The normalized spacial score (nSPS) is 22.4. The van der Waals surface area contributed by atoms with Crippen LogP contribution in [0, 0.1) is 5.82 Å². The number of halogens is 4. The molecule has 2 heterocycles. The quantitative estimate of drug-likeness (QED) is 0.839. The fourth-order valence-electron chi connectivity index (χ4n) is 3.79. The molecule has 25 heavy (non-hydrogen) atoms. The molecule has 0 atom stereocenters. The third-order valence-electron chi connectivity index (χ3n) is 5.35. The Balaban J connectivity index is 1.52. The molecule has 0 amide bonds. The average Bonchev–Trinajstić information content (AvgIpc) is 2.57. The van der Waals surface area contributed by atoms with Gasteiger partial charge in [0.05, 0.1) is 11.7 Å². The lowest BCUT2D eigenvalue weighted by atomic mass is 9.98. The zero-order valence-corrected chi connectivity index (χ0v) is 14.1. The van der Waals surface area contributed by atoms with Gasteiger partial charge in [-0.3, -0.25) is 4.90 Å². The van der Waals surface area contributed by atoms with Gasteiger partial charge in [0.1, 0.15) is 5.82 Å². The predicted octanol–water partition coefficient (Wildman–Crippen LogP) is 3.27. The molecule has 1 N–H and O–H groups in total. The van der Waals surface area contributed by atoms with Gasteiger partial charge >= 0.3 is 6.18 Å². The lowest BCUT2D eigenvalue weighted by Crippen LogP contribution is -2.48. The van der Waals surface area contributed by atoms with Crippen molar-refractivity contribution >= 4 is 0 Å². The molecular formula is C18H24F4N2O. The minimum absolute atomic E-state index is 0.181. The Bertz CT molecular complexity index is 577. The Morgan fingerprint density at radius 3 is 2.20 bits per heavy atom. The highest BCUT2D eigenvalue weighted by molar-refractivity contribution is 5.26. The lowest BCUT2D eigenvalue weighted by Gasteiger charge is -2.41. The average molecular weight is 360 g/mol. The van der Waals surface area contributed by atoms with Gasteiger partial charge in [-0.1, -0.05) is 6.07 Å². The smallest absolute Gasteiger partial charge is 0.393 e. The Labute approximate surface area is 145 Å². The van der Waals surface area contributed by atoms with Gasteiger partial charge in [-0.05, 0) is 50.9 Å². The summed E-state index contributed by atoms with van der Waals surface area (Å²) in [6.07, 6.45) is -1.12. The van der Waals surface area contributed by atoms with E-state index in [4.69, 9.17) is 0 Å². The van der Waals surface area contributed by atoms with Crippen molar-refractivity contribution < 1.29 is 22.7 Å². The van der Waals surface area contributed by atoms with Crippen LogP contribution in [0.5, 0.6) is 0 Å². The second kappa shape index (κ2) is 7.60. The molecular weight excluding hydrogens is 336 g/mol. The van der Waals surface area contributed by atoms with Gasteiger partial charge in [0.25, 0.3) is 0 Å². The molecule has 0 saturated carbocycles. The number of hydrogen-bond donors (Lipinski definition) is 1. The minimum Gasteiger partial charge on any atom is -0.393 e. The zero-order chi connectivity index (χ0) is 18.0. The molecule has 1 aromatic carbocycles. The van der Waals surface area contributed by atoms with E-state index < -0.39 is 17.6 Å². The molecule has 2 fully saturated rings. The van der Waals surface area contributed by atoms with Crippen LogP contribution in [0.1, 0.15) is 36.8 Å². The number of alkyl halides is 3. The van der Waals surface area contributed by atoms with Gasteiger partial charge in [-0.2, -0.15) is 13.2 Å². The fraction of sp³-hybridized carbons (Fsp3) is 0.667. The summed E-state index contributed by atoms with van der Waals surface area (Å²) < 4.78 is 51.8. The van der Waals surface area contributed by atoms with Gasteiger partial charge in [0.15, 0.2) is 0 Å². The minimum atomic E-state index is -4.51. The Morgan fingerprint density at radius 2 is 1.64 bits per heavy atom. The molecule has 1 aromatic rings. The summed E-state index contributed by atoms with van der Waals surface area (Å²) in [5.41, 5.74) is -0.632. The van der Waals surface area contributed by atoms with E-state index in [1.165, 1.54) is 6.07 Å². The van der Waals surface area contributed by atoms with Crippen LogP contribution in [-0.4, -0.2) is 53.2 Å². The van der Waals surface area contributed by atoms with Gasteiger partial charge < -0.3 is 10.0 Å². The number of piperidine rings is 2. The maximum atomic E-state index is 14.0. The number of hydrogen-bond acceptors (Lipinski definition) is 3. The summed E-state index contributed by atoms with van der Waals surface area (Å²) >= 11 is 0. The number of likely N-dealkylation sites (tertiary alicyclic amines) is 2. The molecule has 2 aliphatic heterocycles. The van der Waals surface area contributed by atoms with Crippen LogP contribution >= 0.6 is 0 Å². The van der Waals surface area contributed by atoms with Crippen LogP contribution in [0.15, 0.2) is 18.2 Å². The number of benzene rings is 1. The SMILES string of the molecule is OC1CCN(C2CCN(Cc3ccc(C(F)(F)F)cc3F)CC2)CC1. The van der Waals surface area contributed by atoms with E-state index in [9.17, 15) is 22.7 Å². The number of rotatable bonds is 3. The topological polar surface area (TPSA) is 26.7 Å². The molecule has 2 aliphatic rings. The van der Waals surface area contributed by atoms with Crippen LogP contribution in [0.4, 0.5) is 17.6 Å². The van der Waals surface area contributed by atoms with E-state index >= 15 is 0 Å². The van der Waals surface area contributed by atoms with Gasteiger partial charge in [-0.15, -0.1) is 0 Å². The maximum Gasteiger partial charge on any atom is 0.416 e. The van der Waals surface area contributed by atoms with E-state index in [0.717, 1.165) is 57.9 Å². The van der Waals surface area contributed by atoms with Crippen LogP contribution in [0.3, 0.4) is 0 Å². The summed E-state index contributed by atoms with van der Waals surface area (Å²) in [5, 5.41) is 9.59. The van der Waals surface area contributed by atoms with Crippen LogP contribution in [-0.2, 0) is 12.7 Å². The molecule has 3 nitrogen and oxygen atoms in total. The Morgan fingerprint density at radius 1 is 1.00 bits per heavy atom. The summed E-state index contributed by atoms with van der Waals surface area (Å²) in [6.45, 7) is 3.79. The molecule has 0 aliphatic carbocycles. The zero-order valence-electron chi connectivity index (χ0n) is 14.1. The highest BCUT2D eigenvalue weighted by Crippen LogP contribution is 2.30. The first-order valence-electron chi connectivity index (χ1n) is 8.83. The number of aliphatic hydroxyl groups is 1. The predicted molar refractivity (Wildman–Crippen MR) is 86.5 cm³/mol. The first kappa shape index (κ1) is 18.6. The summed E-state index contributed by atoms with van der Waals surface area (Å²) in [7, 11) is 0. The van der Waals surface area contributed by atoms with Crippen molar-refractivity contribution in [3.05, 3.63) is 35.1 Å². The molecule has 0 aromatic heterocycles. The van der Waals surface area contributed by atoms with Crippen molar-refractivity contribution in [1.29, 1.82) is 0 Å². The van der Waals surface area contributed by atoms with Gasteiger partial charge in [-0.25, -0.2) is 4.39 Å². The monoisotopic (exact) mass is 360 g/mol. The van der Waals surface area contributed by atoms with E-state index in [1.807, 2.05) is 0 Å². The van der Waals surface area contributed by atoms with Crippen molar-refractivity contribution in [2.45, 2.75) is 50.6 Å². The molecule has 7 heteroatoms. The third-order valence-corrected chi connectivity index (χ3v) is 5.35. The third kappa shape index (κ3) is 4.71. The Hall–Kier alpha value is -1.18. The maximum absolute atomic E-state index is 14.0. The van der Waals surface area contributed by atoms with Crippen molar-refractivity contribution in [2.24, 2.45) is 0 Å². The molecule has 0 spiro atoms. The largest absolute Gasteiger partial charge is 0.416 e. The van der Waals surface area contributed by atoms with E-state index in [-0.39, 0.29) is 6.10 Å². The number of aliphatic hydroxyl groups excluding tert-OH is 1. The van der Waals surface area contributed by atoms with Crippen LogP contribution < -0.4 is 0 Å². The molecule has 2 saturated heterocycles. The van der Waals surface area contributed by atoms with Crippen LogP contribution in [0.2, 0.25) is 0 Å². The Kier molecular flexibility index (Phi) is 5.65. The fourth-order valence-corrected chi connectivity index (χ4v) is 3.79. The van der Waals surface area contributed by atoms with E-state index in [1.54, 1.807) is 0 Å². The van der Waals surface area contributed by atoms with Gasteiger partial charge in [0.2, 0.25) is 0 Å². The molecule has 0 bridgehead atoms. The summed E-state index contributed by atoms with van der Waals surface area (Å²) in [5.74, 6) is -0.790. The van der Waals surface area contributed by atoms with E-state index in [0.29, 0.717) is 24.2 Å². The van der Waals surface area contributed by atoms with Crippen molar-refractivity contribution in [2.75, 3.05) is 26.2 Å². The summed E-state index contributed by atoms with van der Waals surface area (Å²) in [4.78, 5) is 4.52. The van der Waals surface area contributed by atoms with E-state index in [2.05, 4.69) is 9.80 Å². The highest BCUT2D eigenvalue weighted by Gasteiger charge is 2.32. The lowest BCUT2D eigenvalue weighted by molar-refractivity contribution is -0.137. The molecule has 0 unspecified atom stereocenters. The highest BCUT2D eigenvalue weighted by atomic mass is 19.4. The molecule has 0 radical (unpaired) electrons. The first-order chi connectivity index (χ1) is 11.8. The first-order valence-corrected chi connectivity index (χ1v) is 8.83. The van der Waals surface area contributed by atoms with Crippen LogP contribution in [0.25, 0.3) is 0 Å².